The molecule has 2 aromatic carbocycles. The van der Waals surface area contributed by atoms with Crippen LogP contribution in [0.3, 0.4) is 0 Å². The highest BCUT2D eigenvalue weighted by Gasteiger charge is 2.32. The van der Waals surface area contributed by atoms with E-state index in [1.54, 1.807) is 36.5 Å². The highest BCUT2D eigenvalue weighted by atomic mass is 19.1. The number of unbranched alkanes of at least 4 members (excludes halogenated alkanes) is 1. The monoisotopic (exact) mass is 461 g/mol. The zero-order chi connectivity index (χ0) is 24.1. The van der Waals surface area contributed by atoms with Gasteiger partial charge in [0.1, 0.15) is 17.3 Å². The second-order valence-electron chi connectivity index (χ2n) is 8.11. The maximum Gasteiger partial charge on any atom is 0.277 e. The van der Waals surface area contributed by atoms with E-state index in [9.17, 15) is 9.18 Å². The van der Waals surface area contributed by atoms with Crippen LogP contribution in [-0.2, 0) is 11.3 Å². The van der Waals surface area contributed by atoms with Crippen molar-refractivity contribution in [2.24, 2.45) is 4.99 Å². The number of rotatable bonds is 8. The standard InChI is InChI=1S/C26H28FN5O2/c1-4-5-12-28-26-30-22(25(33)32(26)16-19-6-9-21(27)10-7-19)13-20-8-11-23(24(14-20)34-3)31-15-18(2)29-17-31/h6-11,13-15,17H,4-5,12,16H2,1-3H3,(H,28,30)/b22-13-. The van der Waals surface area contributed by atoms with Crippen molar-refractivity contribution in [3.63, 3.8) is 0 Å². The smallest absolute Gasteiger partial charge is 0.277 e. The van der Waals surface area contributed by atoms with E-state index in [1.807, 2.05) is 35.9 Å². The van der Waals surface area contributed by atoms with Crippen molar-refractivity contribution in [3.8, 4) is 11.4 Å². The average molecular weight is 462 g/mol. The molecule has 4 rings (SSSR count). The van der Waals surface area contributed by atoms with E-state index in [4.69, 9.17) is 4.74 Å². The van der Waals surface area contributed by atoms with Gasteiger partial charge < -0.3 is 14.6 Å². The van der Waals surface area contributed by atoms with Crippen molar-refractivity contribution < 1.29 is 13.9 Å². The number of guanidine groups is 1. The zero-order valence-corrected chi connectivity index (χ0v) is 19.6. The predicted molar refractivity (Wildman–Crippen MR) is 130 cm³/mol. The van der Waals surface area contributed by atoms with Crippen LogP contribution in [0.4, 0.5) is 4.39 Å². The number of carbonyl (C=O) groups is 1. The molecule has 0 saturated carbocycles. The van der Waals surface area contributed by atoms with E-state index in [0.717, 1.165) is 35.3 Å². The van der Waals surface area contributed by atoms with Gasteiger partial charge in [-0.1, -0.05) is 31.5 Å². The summed E-state index contributed by atoms with van der Waals surface area (Å²) < 4.78 is 20.8. The number of aryl methyl sites for hydroxylation is 1. The molecule has 0 bridgehead atoms. The largest absolute Gasteiger partial charge is 0.495 e. The number of methoxy groups -OCH3 is 1. The molecule has 1 aliphatic rings. The zero-order valence-electron chi connectivity index (χ0n) is 19.6. The van der Waals surface area contributed by atoms with Crippen LogP contribution >= 0.6 is 0 Å². The Morgan fingerprint density at radius 2 is 2.00 bits per heavy atom. The third-order valence-electron chi connectivity index (χ3n) is 5.51. The van der Waals surface area contributed by atoms with E-state index in [1.165, 1.54) is 12.1 Å². The molecule has 0 atom stereocenters. The first-order chi connectivity index (χ1) is 16.5. The number of amides is 1. The lowest BCUT2D eigenvalue weighted by Crippen LogP contribution is -2.32. The summed E-state index contributed by atoms with van der Waals surface area (Å²) in [5, 5.41) is 3.17. The maximum absolute atomic E-state index is 13.3. The summed E-state index contributed by atoms with van der Waals surface area (Å²) in [6, 6.07) is 11.9. The number of nitrogens with one attached hydrogen (secondary N) is 1. The lowest BCUT2D eigenvalue weighted by atomic mass is 10.1. The second kappa shape index (κ2) is 10.3. The van der Waals surface area contributed by atoms with E-state index < -0.39 is 0 Å². The normalized spacial score (nSPS) is 15.9. The Hall–Kier alpha value is -3.94. The number of hydrogen-bond donors (Lipinski definition) is 1. The molecule has 8 heteroatoms. The number of hydrogen-bond acceptors (Lipinski definition) is 4. The molecule has 176 valence electrons. The van der Waals surface area contributed by atoms with E-state index >= 15 is 0 Å². The van der Waals surface area contributed by atoms with Gasteiger partial charge in [0.15, 0.2) is 0 Å². The number of ether oxygens (including phenoxy) is 1. The predicted octanol–water partition coefficient (Wildman–Crippen LogP) is 4.46. The highest BCUT2D eigenvalue weighted by Crippen LogP contribution is 2.26. The molecule has 1 aliphatic heterocycles. The van der Waals surface area contributed by atoms with Gasteiger partial charge in [0, 0.05) is 12.7 Å². The molecule has 2 heterocycles. The summed E-state index contributed by atoms with van der Waals surface area (Å²) in [6.45, 7) is 4.94. The molecule has 0 radical (unpaired) electrons. The highest BCUT2D eigenvalue weighted by molar-refractivity contribution is 6.15. The van der Waals surface area contributed by atoms with Crippen LogP contribution in [0.2, 0.25) is 0 Å². The lowest BCUT2D eigenvalue weighted by Gasteiger charge is -2.15. The Kier molecular flexibility index (Phi) is 7.06. The summed E-state index contributed by atoms with van der Waals surface area (Å²) in [5.74, 6) is 0.673. The molecule has 1 aromatic heterocycles. The minimum absolute atomic E-state index is 0.187. The molecule has 1 amide bonds. The van der Waals surface area contributed by atoms with Gasteiger partial charge in [0.05, 0.1) is 31.4 Å². The number of benzene rings is 2. The summed E-state index contributed by atoms with van der Waals surface area (Å²) in [6.07, 6.45) is 7.38. The van der Waals surface area contributed by atoms with Crippen LogP contribution in [0.1, 0.15) is 36.6 Å². The topological polar surface area (TPSA) is 71.7 Å². The van der Waals surface area contributed by atoms with E-state index in [-0.39, 0.29) is 11.7 Å². The van der Waals surface area contributed by atoms with Gasteiger partial charge in [0.2, 0.25) is 5.96 Å². The molecule has 1 N–H and O–H groups in total. The van der Waals surface area contributed by atoms with Gasteiger partial charge >= 0.3 is 0 Å². The fourth-order valence-corrected chi connectivity index (χ4v) is 3.68. The first kappa shape index (κ1) is 23.2. The first-order valence-electron chi connectivity index (χ1n) is 11.3. The number of nitrogens with zero attached hydrogens (tertiary/aromatic N) is 4. The summed E-state index contributed by atoms with van der Waals surface area (Å²) in [4.78, 5) is 23.7. The molecule has 7 nitrogen and oxygen atoms in total. The van der Waals surface area contributed by atoms with Crippen molar-refractivity contribution in [2.45, 2.75) is 33.2 Å². The Bertz CT molecular complexity index is 1230. The van der Waals surface area contributed by atoms with Crippen LogP contribution in [0.5, 0.6) is 5.75 Å². The Morgan fingerprint density at radius 1 is 1.21 bits per heavy atom. The minimum Gasteiger partial charge on any atom is -0.495 e. The van der Waals surface area contributed by atoms with Crippen molar-refractivity contribution in [3.05, 3.63) is 83.3 Å². The summed E-state index contributed by atoms with van der Waals surface area (Å²) in [5.41, 5.74) is 3.82. The second-order valence-corrected chi connectivity index (χ2v) is 8.11. The molecular weight excluding hydrogens is 433 g/mol. The summed E-state index contributed by atoms with van der Waals surface area (Å²) >= 11 is 0. The number of halogens is 1. The van der Waals surface area contributed by atoms with Crippen LogP contribution < -0.4 is 10.1 Å². The van der Waals surface area contributed by atoms with Crippen LogP contribution in [0.25, 0.3) is 11.8 Å². The van der Waals surface area contributed by atoms with Crippen molar-refractivity contribution >= 4 is 17.9 Å². The van der Waals surface area contributed by atoms with Crippen molar-refractivity contribution in [2.75, 3.05) is 13.7 Å². The number of aliphatic imine (C=N–C) groups is 1. The van der Waals surface area contributed by atoms with Crippen LogP contribution in [0, 0.1) is 12.7 Å². The minimum atomic E-state index is -0.310. The van der Waals surface area contributed by atoms with Crippen LogP contribution in [0.15, 0.2) is 65.7 Å². The van der Waals surface area contributed by atoms with E-state index in [0.29, 0.717) is 30.5 Å². The third kappa shape index (κ3) is 5.17. The molecule has 0 spiro atoms. The fraction of sp³-hybridized carbons (Fsp3) is 0.269. The quantitative estimate of drug-likeness (QED) is 0.397. The summed E-state index contributed by atoms with van der Waals surface area (Å²) in [7, 11) is 1.61. The number of imidazole rings is 1. The molecule has 1 saturated heterocycles. The molecule has 0 aliphatic carbocycles. The first-order valence-corrected chi connectivity index (χ1v) is 11.3. The van der Waals surface area contributed by atoms with Gasteiger partial charge in [-0.3, -0.25) is 14.7 Å². The van der Waals surface area contributed by atoms with E-state index in [2.05, 4.69) is 22.2 Å². The SMILES string of the molecule is CCCC/N=C1\N/C(=C\c2ccc(-n3cnc(C)c3)c(OC)c2)C(=O)N1Cc1ccc(F)cc1. The number of carbonyl (C=O) groups excluding carboxylic acids is 1. The lowest BCUT2D eigenvalue weighted by molar-refractivity contribution is -0.122. The van der Waals surface area contributed by atoms with Gasteiger partial charge in [-0.2, -0.15) is 0 Å². The van der Waals surface area contributed by atoms with Crippen LogP contribution in [-0.4, -0.2) is 40.0 Å². The number of aromatic nitrogens is 2. The van der Waals surface area contributed by atoms with Gasteiger partial charge in [-0.15, -0.1) is 0 Å². The third-order valence-corrected chi connectivity index (χ3v) is 5.51. The molecule has 1 fully saturated rings. The molecular formula is C26H28FN5O2. The average Bonchev–Trinajstić information content (AvgIpc) is 3.39. The van der Waals surface area contributed by atoms with Gasteiger partial charge in [-0.25, -0.2) is 9.37 Å². The Morgan fingerprint density at radius 3 is 2.68 bits per heavy atom. The molecule has 34 heavy (non-hydrogen) atoms. The van der Waals surface area contributed by atoms with Gasteiger partial charge in [-0.05, 0) is 54.8 Å². The Balaban J connectivity index is 1.62. The Labute approximate surface area is 198 Å². The van der Waals surface area contributed by atoms with Crippen molar-refractivity contribution in [1.29, 1.82) is 0 Å². The maximum atomic E-state index is 13.3. The van der Waals surface area contributed by atoms with Gasteiger partial charge in [0.25, 0.3) is 5.91 Å². The van der Waals surface area contributed by atoms with Crippen molar-refractivity contribution in [1.82, 2.24) is 19.8 Å². The molecule has 0 unspecified atom stereocenters. The molecule has 3 aromatic rings. The fourth-order valence-electron chi connectivity index (χ4n) is 3.68.